The number of benzene rings is 3. The van der Waals surface area contributed by atoms with Gasteiger partial charge in [0.2, 0.25) is 17.7 Å². The SMILES string of the molecule is CCCC(C)(C)c1ccc2c(=C3CC(C)(C)N(O)C(C)(C)C3)c3cc(N4C(=O)C5C6C=CC(C5C4=O)C4C6C(=O)N(C(C)(CC)CCC(C)(C)C)C4O)ccc3c(=C3CC(C)(C)N(O)C(C)(C)C3)c2c1. The highest BCUT2D eigenvalue weighted by molar-refractivity contribution is 6.23. The Morgan fingerprint density at radius 2 is 1.06 bits per heavy atom. The van der Waals surface area contributed by atoms with Crippen LogP contribution in [0.1, 0.15) is 174 Å². The molecule has 8 atom stereocenters. The number of aliphatic hydroxyl groups excluding tert-OH is 1. The maximum absolute atomic E-state index is 15.3. The molecule has 10 heteroatoms. The molecule has 3 N–H and O–H groups in total. The van der Waals surface area contributed by atoms with E-state index >= 15 is 9.59 Å². The molecular weight excluding hydrogens is 873 g/mol. The van der Waals surface area contributed by atoms with Crippen LogP contribution in [0.5, 0.6) is 0 Å². The highest BCUT2D eigenvalue weighted by Gasteiger charge is 2.69. The standard InChI is InChI=1S/C60H84N4O6/c1-17-25-55(6,7)36-19-21-38-42(28-36)44(34-30-56(8,9)63(69)57(10,11)31-34)39-22-20-37(29-43(39)45(38)35-32-58(12,13)64(70)59(14,15)33-35)61-50(65)46-40-23-24-41(47(46)51(61)66)49-48(40)52(67)62(53(49)68)60(16,18-2)27-26-54(3,4)5/h19-24,28-29,40-41,46-49,52,67,69-70H,17-18,25-27,30-33H2,1-16H3. The van der Waals surface area contributed by atoms with E-state index in [4.69, 9.17) is 0 Å². The summed E-state index contributed by atoms with van der Waals surface area (Å²) in [5.41, 5.74) is 1.32. The van der Waals surface area contributed by atoms with Gasteiger partial charge in [0.05, 0.1) is 23.4 Å². The van der Waals surface area contributed by atoms with Gasteiger partial charge in [-0.15, -0.1) is 0 Å². The number of likely N-dealkylation sites (tertiary alicyclic amines) is 1. The molecular formula is C60H84N4O6. The lowest BCUT2D eigenvalue weighted by atomic mass is 9.54. The number of hydrogen-bond donors (Lipinski definition) is 3. The van der Waals surface area contributed by atoms with Gasteiger partial charge in [-0.1, -0.05) is 96.4 Å². The van der Waals surface area contributed by atoms with Gasteiger partial charge >= 0.3 is 0 Å². The van der Waals surface area contributed by atoms with E-state index in [-0.39, 0.29) is 28.6 Å². The lowest BCUT2D eigenvalue weighted by Gasteiger charge is -2.50. The lowest BCUT2D eigenvalue weighted by molar-refractivity contribution is -0.228. The average molecular weight is 957 g/mol. The number of fused-ring (bicyclic) bond motifs is 2. The number of hydrogen-bond acceptors (Lipinski definition) is 8. The summed E-state index contributed by atoms with van der Waals surface area (Å²) in [7, 11) is 0. The lowest BCUT2D eigenvalue weighted by Crippen LogP contribution is -2.57. The van der Waals surface area contributed by atoms with E-state index in [1.54, 1.807) is 4.90 Å². The van der Waals surface area contributed by atoms with Crippen LogP contribution in [-0.2, 0) is 19.8 Å². The number of hydroxylamine groups is 4. The number of allylic oxidation sites excluding steroid dienone is 2. The predicted octanol–water partition coefficient (Wildman–Crippen LogP) is 10.8. The smallest absolute Gasteiger partial charge is 0.238 e. The summed E-state index contributed by atoms with van der Waals surface area (Å²) in [6.45, 7) is 34.4. The third-order valence-corrected chi connectivity index (χ3v) is 18.5. The summed E-state index contributed by atoms with van der Waals surface area (Å²) in [4.78, 5) is 48.5. The quantitative estimate of drug-likeness (QED) is 0.116. The minimum Gasteiger partial charge on any atom is -0.373 e. The normalized spacial score (nSPS) is 30.5. The number of carbonyl (C=O) groups excluding carboxylic acids is 3. The number of aliphatic hydroxyl groups is 1. The molecule has 4 saturated heterocycles. The summed E-state index contributed by atoms with van der Waals surface area (Å²) >= 11 is 0. The molecule has 0 aromatic heterocycles. The second kappa shape index (κ2) is 16.5. The van der Waals surface area contributed by atoms with Gasteiger partial charge in [-0.3, -0.25) is 14.4 Å². The molecule has 3 aliphatic carbocycles. The minimum atomic E-state index is -1.05. The third kappa shape index (κ3) is 7.77. The van der Waals surface area contributed by atoms with Crippen LogP contribution in [0.3, 0.4) is 0 Å². The largest absolute Gasteiger partial charge is 0.373 e. The van der Waals surface area contributed by atoms with Gasteiger partial charge in [0.15, 0.2) is 0 Å². The van der Waals surface area contributed by atoms with Gasteiger partial charge in [-0.25, -0.2) is 4.90 Å². The Labute approximate surface area is 417 Å². The van der Waals surface area contributed by atoms with Crippen LogP contribution in [0.25, 0.3) is 32.7 Å². The first kappa shape index (κ1) is 51.0. The zero-order valence-electron chi connectivity index (χ0n) is 45.4. The molecule has 10 nitrogen and oxygen atoms in total. The number of imide groups is 1. The monoisotopic (exact) mass is 957 g/mol. The number of rotatable bonds is 8. The Balaban J connectivity index is 1.26. The fourth-order valence-electron chi connectivity index (χ4n) is 15.2. The number of nitrogens with zero attached hydrogens (tertiary/aromatic N) is 4. The summed E-state index contributed by atoms with van der Waals surface area (Å²) in [5, 5.41) is 45.0. The molecule has 10 rings (SSSR count). The summed E-state index contributed by atoms with van der Waals surface area (Å²) in [5.74, 6) is -4.06. The van der Waals surface area contributed by atoms with Crippen LogP contribution in [0.4, 0.5) is 5.69 Å². The van der Waals surface area contributed by atoms with E-state index in [9.17, 15) is 20.3 Å². The maximum Gasteiger partial charge on any atom is 0.238 e. The Kier molecular flexibility index (Phi) is 12.1. The number of anilines is 1. The second-order valence-corrected chi connectivity index (χ2v) is 27.4. The van der Waals surface area contributed by atoms with Gasteiger partial charge in [0, 0.05) is 39.5 Å². The van der Waals surface area contributed by atoms with Crippen LogP contribution in [0, 0.1) is 40.9 Å². The summed E-state index contributed by atoms with van der Waals surface area (Å²) in [6, 6.07) is 13.1. The molecule has 70 heavy (non-hydrogen) atoms. The van der Waals surface area contributed by atoms with Crippen molar-refractivity contribution in [2.24, 2.45) is 40.9 Å². The average Bonchev–Trinajstić information content (AvgIpc) is 3.71. The van der Waals surface area contributed by atoms with Gasteiger partial charge in [-0.05, 0) is 186 Å². The number of carbonyl (C=O) groups is 3. The van der Waals surface area contributed by atoms with Crippen LogP contribution >= 0.6 is 0 Å². The third-order valence-electron chi connectivity index (χ3n) is 18.5. The molecule has 0 spiro atoms. The van der Waals surface area contributed by atoms with Crippen LogP contribution < -0.4 is 15.3 Å². The molecule has 3 amide bonds. The number of amides is 3. The maximum atomic E-state index is 15.3. The van der Waals surface area contributed by atoms with E-state index < -0.39 is 69.4 Å². The molecule has 1 saturated carbocycles. The van der Waals surface area contributed by atoms with E-state index in [1.807, 2.05) is 18.2 Å². The van der Waals surface area contributed by atoms with Crippen molar-refractivity contribution in [1.29, 1.82) is 0 Å². The Hall–Kier alpha value is -3.93. The van der Waals surface area contributed by atoms with E-state index in [0.29, 0.717) is 37.8 Å². The van der Waals surface area contributed by atoms with Crippen molar-refractivity contribution in [2.45, 2.75) is 208 Å². The van der Waals surface area contributed by atoms with Crippen molar-refractivity contribution in [3.05, 3.63) is 64.6 Å². The van der Waals surface area contributed by atoms with Crippen molar-refractivity contribution in [3.63, 3.8) is 0 Å². The van der Waals surface area contributed by atoms with Crippen molar-refractivity contribution >= 4 is 56.1 Å². The van der Waals surface area contributed by atoms with Crippen LogP contribution in [0.2, 0.25) is 0 Å². The highest BCUT2D eigenvalue weighted by atomic mass is 16.5. The van der Waals surface area contributed by atoms with Crippen LogP contribution in [-0.4, -0.2) is 82.2 Å². The number of piperidine rings is 2. The fraction of sp³-hybridized carbons (Fsp3) is 0.650. The minimum absolute atomic E-state index is 0.0529. The van der Waals surface area contributed by atoms with E-state index in [1.165, 1.54) is 31.7 Å². The molecule has 8 unspecified atom stereocenters. The first-order chi connectivity index (χ1) is 32.3. The van der Waals surface area contributed by atoms with Crippen LogP contribution in [0.15, 0.2) is 48.6 Å². The molecule has 3 aromatic carbocycles. The van der Waals surface area contributed by atoms with Crippen molar-refractivity contribution in [3.8, 4) is 0 Å². The van der Waals surface area contributed by atoms with E-state index in [2.05, 4.69) is 141 Å². The first-order valence-corrected chi connectivity index (χ1v) is 26.6. The Morgan fingerprint density at radius 1 is 0.586 bits per heavy atom. The molecule has 3 aromatic rings. The second-order valence-electron chi connectivity index (χ2n) is 27.4. The molecule has 380 valence electrons. The topological polar surface area (TPSA) is 125 Å². The molecule has 0 radical (unpaired) electrons. The summed E-state index contributed by atoms with van der Waals surface area (Å²) in [6.07, 6.45) is 9.85. The van der Waals surface area contributed by atoms with Gasteiger partial charge in [-0.2, -0.15) is 10.1 Å². The zero-order chi connectivity index (χ0) is 51.4. The molecule has 5 fully saturated rings. The molecule has 4 heterocycles. The molecule has 4 aliphatic heterocycles. The van der Waals surface area contributed by atoms with Gasteiger partial charge in [0.25, 0.3) is 0 Å². The molecule has 7 aliphatic rings. The zero-order valence-corrected chi connectivity index (χ0v) is 45.4. The van der Waals surface area contributed by atoms with Crippen molar-refractivity contribution in [1.82, 2.24) is 15.0 Å². The van der Waals surface area contributed by atoms with Gasteiger partial charge < -0.3 is 20.4 Å². The Morgan fingerprint density at radius 3 is 1.54 bits per heavy atom. The van der Waals surface area contributed by atoms with Crippen molar-refractivity contribution < 1.29 is 29.9 Å². The van der Waals surface area contributed by atoms with Gasteiger partial charge in [0.1, 0.15) is 6.23 Å². The fourth-order valence-corrected chi connectivity index (χ4v) is 15.2. The Bertz CT molecular complexity index is 2810. The van der Waals surface area contributed by atoms with E-state index in [0.717, 1.165) is 57.7 Å². The highest BCUT2D eigenvalue weighted by Crippen LogP contribution is 2.60. The first-order valence-electron chi connectivity index (χ1n) is 26.6. The molecule has 2 bridgehead atoms. The predicted molar refractivity (Wildman–Crippen MR) is 280 cm³/mol. The summed E-state index contributed by atoms with van der Waals surface area (Å²) < 4.78 is 0. The van der Waals surface area contributed by atoms with Crippen molar-refractivity contribution in [2.75, 3.05) is 4.90 Å².